The van der Waals surface area contributed by atoms with Crippen LogP contribution in [0.5, 0.6) is 11.5 Å². The second kappa shape index (κ2) is 11.6. The predicted octanol–water partition coefficient (Wildman–Crippen LogP) is 1.96. The van der Waals surface area contributed by atoms with E-state index in [2.05, 4.69) is 10.1 Å². The molecule has 0 unspecified atom stereocenters. The van der Waals surface area contributed by atoms with E-state index >= 15 is 0 Å². The number of benzene rings is 2. The molecule has 210 valence electrons. The number of hydrogen-bond acceptors (Lipinski definition) is 10. The molecule has 14 heteroatoms. The van der Waals surface area contributed by atoms with Crippen molar-refractivity contribution in [3.63, 3.8) is 0 Å². The summed E-state index contributed by atoms with van der Waals surface area (Å²) < 4.78 is 17.5. The Morgan fingerprint density at radius 2 is 1.74 bits per heavy atom. The molecule has 1 aliphatic rings. The van der Waals surface area contributed by atoms with E-state index in [1.165, 1.54) is 41.0 Å². The van der Waals surface area contributed by atoms with Gasteiger partial charge in [-0.1, -0.05) is 17.7 Å². The van der Waals surface area contributed by atoms with Crippen LogP contribution in [0.15, 0.2) is 82.6 Å². The fourth-order valence-corrected chi connectivity index (χ4v) is 4.54. The summed E-state index contributed by atoms with van der Waals surface area (Å²) in [6.45, 7) is 2.30. The van der Waals surface area contributed by atoms with Gasteiger partial charge < -0.3 is 19.7 Å². The van der Waals surface area contributed by atoms with Crippen LogP contribution in [-0.4, -0.2) is 58.0 Å². The lowest BCUT2D eigenvalue weighted by Crippen LogP contribution is -2.60. The van der Waals surface area contributed by atoms with E-state index in [9.17, 15) is 19.8 Å². The molecule has 2 aromatic carbocycles. The zero-order valence-electron chi connectivity index (χ0n) is 22.6. The third-order valence-electron chi connectivity index (χ3n) is 6.36. The first kappa shape index (κ1) is 29.4. The second-order valence-electron chi connectivity index (χ2n) is 9.62. The third-order valence-corrected chi connectivity index (χ3v) is 7.14. The molecule has 1 aliphatic heterocycles. The number of rotatable bonds is 10. The van der Waals surface area contributed by atoms with E-state index in [-0.39, 0.29) is 30.4 Å². The van der Waals surface area contributed by atoms with Gasteiger partial charge in [-0.2, -0.15) is 5.10 Å². The molecular weight excluding hydrogens is 558 g/mol. The van der Waals surface area contributed by atoms with Crippen LogP contribution in [0.25, 0.3) is 0 Å². The van der Waals surface area contributed by atoms with E-state index in [0.717, 1.165) is 11.1 Å². The summed E-state index contributed by atoms with van der Waals surface area (Å²) in [5.41, 5.74) is 2.57. The van der Waals surface area contributed by atoms with E-state index < -0.39 is 11.4 Å². The Morgan fingerprint density at radius 1 is 1.00 bits per heavy atom. The molecule has 2 aromatic heterocycles. The smallest absolute Gasteiger partial charge is 0.312 e. The highest BCUT2D eigenvalue weighted by Crippen LogP contribution is 2.32. The van der Waals surface area contributed by atoms with Crippen LogP contribution >= 0.6 is 12.0 Å². The molecule has 0 saturated carbocycles. The van der Waals surface area contributed by atoms with Gasteiger partial charge in [-0.25, -0.2) is 8.86 Å². The number of nitrogens with zero attached hydrogens (tertiary/aromatic N) is 4. The van der Waals surface area contributed by atoms with Crippen molar-refractivity contribution in [1.82, 2.24) is 14.8 Å². The SMILES string of the molecule is [B]C([B])(Oc1ccc(COc2ccc3c(c2)CN(c2ccc(=O)n(C)n2)C3=O)nc1)C(O)(O)OSc1ccc(C)cc1. The zero-order chi connectivity index (χ0) is 30.1. The monoisotopic (exact) mass is 582 g/mol. The van der Waals surface area contributed by atoms with Crippen molar-refractivity contribution in [2.45, 2.75) is 36.3 Å². The number of aromatic nitrogens is 3. The van der Waals surface area contributed by atoms with Crippen LogP contribution in [-0.2, 0) is 24.4 Å². The quantitative estimate of drug-likeness (QED) is 0.162. The second-order valence-corrected chi connectivity index (χ2v) is 10.4. The highest BCUT2D eigenvalue weighted by molar-refractivity contribution is 7.94. The molecule has 11 nitrogen and oxygen atoms in total. The lowest BCUT2D eigenvalue weighted by molar-refractivity contribution is -0.320. The van der Waals surface area contributed by atoms with Gasteiger partial charge in [0.1, 0.15) is 39.2 Å². The van der Waals surface area contributed by atoms with Crippen molar-refractivity contribution in [3.8, 4) is 11.5 Å². The molecule has 0 bridgehead atoms. The number of hydrogen-bond donors (Lipinski definition) is 2. The summed E-state index contributed by atoms with van der Waals surface area (Å²) in [6.07, 6.45) is 1.30. The Labute approximate surface area is 248 Å². The molecule has 42 heavy (non-hydrogen) atoms. The molecule has 0 fully saturated rings. The minimum absolute atomic E-state index is 0.0586. The Morgan fingerprint density at radius 3 is 2.43 bits per heavy atom. The topological polar surface area (TPSA) is 136 Å². The van der Waals surface area contributed by atoms with E-state index in [0.29, 0.717) is 39.8 Å². The Bertz CT molecular complexity index is 1660. The van der Waals surface area contributed by atoms with Gasteiger partial charge in [0.25, 0.3) is 11.5 Å². The summed E-state index contributed by atoms with van der Waals surface area (Å²) in [5, 5.41) is 22.3. The molecule has 4 aromatic rings. The summed E-state index contributed by atoms with van der Waals surface area (Å²) in [5.74, 6) is -2.31. The van der Waals surface area contributed by atoms with Gasteiger partial charge in [0.2, 0.25) is 0 Å². The Kier molecular flexibility index (Phi) is 8.15. The highest BCUT2D eigenvalue weighted by atomic mass is 32.2. The molecule has 1 amide bonds. The van der Waals surface area contributed by atoms with Crippen LogP contribution in [0.2, 0.25) is 0 Å². The predicted molar refractivity (Wildman–Crippen MR) is 155 cm³/mol. The van der Waals surface area contributed by atoms with Crippen molar-refractivity contribution >= 4 is 39.5 Å². The lowest BCUT2D eigenvalue weighted by atomic mass is 9.63. The maximum Gasteiger partial charge on any atom is 0.312 e. The van der Waals surface area contributed by atoms with Crippen LogP contribution in [0.4, 0.5) is 5.82 Å². The van der Waals surface area contributed by atoms with E-state index in [1.807, 2.05) is 19.1 Å². The number of aryl methyl sites for hydroxylation is 2. The highest BCUT2D eigenvalue weighted by Gasteiger charge is 2.45. The zero-order valence-corrected chi connectivity index (χ0v) is 23.4. The summed E-state index contributed by atoms with van der Waals surface area (Å²) in [6, 6.07) is 18.2. The van der Waals surface area contributed by atoms with Crippen molar-refractivity contribution in [3.05, 3.63) is 106 Å². The normalized spacial score (nSPS) is 13.2. The van der Waals surface area contributed by atoms with Gasteiger partial charge >= 0.3 is 5.97 Å². The number of anilines is 1. The van der Waals surface area contributed by atoms with Crippen LogP contribution in [0.1, 0.15) is 27.2 Å². The molecule has 0 atom stereocenters. The van der Waals surface area contributed by atoms with Gasteiger partial charge in [0, 0.05) is 35.6 Å². The van der Waals surface area contributed by atoms with Gasteiger partial charge in [0.15, 0.2) is 5.82 Å². The lowest BCUT2D eigenvalue weighted by Gasteiger charge is -2.37. The third kappa shape index (κ3) is 6.36. The molecule has 5 rings (SSSR count). The number of pyridine rings is 1. The fourth-order valence-electron chi connectivity index (χ4n) is 3.95. The number of aliphatic hydroxyl groups is 2. The average Bonchev–Trinajstić information content (AvgIpc) is 3.29. The first-order chi connectivity index (χ1) is 19.9. The number of fused-ring (bicyclic) bond motifs is 1. The average molecular weight is 582 g/mol. The van der Waals surface area contributed by atoms with Crippen molar-refractivity contribution < 1.29 is 28.7 Å². The molecule has 0 aliphatic carbocycles. The fraction of sp³-hybridized carbons (Fsp3) is 0.214. The number of ether oxygens (including phenoxy) is 2. The summed E-state index contributed by atoms with van der Waals surface area (Å²) >= 11 is 0.679. The molecular formula is C28H24B2N4O7S. The van der Waals surface area contributed by atoms with Gasteiger partial charge in [-0.05, 0) is 61.0 Å². The molecule has 3 heterocycles. The number of carbonyl (C=O) groups is 1. The number of carbonyl (C=O) groups excluding carboxylic acids is 1. The molecule has 2 N–H and O–H groups in total. The molecule has 0 saturated heterocycles. The van der Waals surface area contributed by atoms with E-state index in [4.69, 9.17) is 29.3 Å². The molecule has 4 radical (unpaired) electrons. The Balaban J connectivity index is 1.17. The summed E-state index contributed by atoms with van der Waals surface area (Å²) in [7, 11) is 13.2. The van der Waals surface area contributed by atoms with Crippen LogP contribution in [0.3, 0.4) is 0 Å². The molecule has 0 spiro atoms. The maximum atomic E-state index is 12.9. The van der Waals surface area contributed by atoms with Gasteiger partial charge in [0.05, 0.1) is 18.4 Å². The Hall–Kier alpha value is -4.10. The van der Waals surface area contributed by atoms with Crippen molar-refractivity contribution in [1.29, 1.82) is 0 Å². The first-order valence-corrected chi connectivity index (χ1v) is 13.4. The van der Waals surface area contributed by atoms with Gasteiger partial charge in [-0.3, -0.25) is 19.5 Å². The minimum atomic E-state index is -3.05. The van der Waals surface area contributed by atoms with E-state index in [1.54, 1.807) is 36.4 Å². The van der Waals surface area contributed by atoms with Crippen LogP contribution < -0.4 is 19.9 Å². The van der Waals surface area contributed by atoms with Crippen molar-refractivity contribution in [2.75, 3.05) is 4.90 Å². The summed E-state index contributed by atoms with van der Waals surface area (Å²) in [4.78, 5) is 30.8. The van der Waals surface area contributed by atoms with Crippen molar-refractivity contribution in [2.24, 2.45) is 7.05 Å². The van der Waals surface area contributed by atoms with Gasteiger partial charge in [-0.15, -0.1) is 0 Å². The standard InChI is InChI=1S/C28H24B2N4O7S/c1-17-3-8-22(9-4-17)42-41-28(37,38)27(29,30)40-21-6-5-19(31-14-21)16-39-20-7-10-23-18(13-20)15-34(26(23)36)24-11-12-25(35)33(2)32-24/h3-14,37-38H,15-16H2,1-2H3. The maximum absolute atomic E-state index is 12.9. The van der Waals surface area contributed by atoms with Crippen LogP contribution in [0, 0.1) is 6.92 Å². The minimum Gasteiger partial charge on any atom is -0.497 e. The first-order valence-electron chi connectivity index (χ1n) is 12.6. The number of amides is 1. The largest absolute Gasteiger partial charge is 0.497 e.